The Morgan fingerprint density at radius 3 is 2.61 bits per heavy atom. The summed E-state index contributed by atoms with van der Waals surface area (Å²) in [5, 5.41) is 13.3. The maximum atomic E-state index is 14.9. The minimum atomic E-state index is -4.86. The molecule has 2 N–H and O–H groups in total. The quantitative estimate of drug-likeness (QED) is 0.402. The number of nitrogens with one attached hydrogen (secondary N) is 1. The third kappa shape index (κ3) is 4.66. The van der Waals surface area contributed by atoms with Crippen molar-refractivity contribution in [1.29, 1.82) is 0 Å². The van der Waals surface area contributed by atoms with E-state index in [0.717, 1.165) is 41.9 Å². The fourth-order valence-electron chi connectivity index (χ4n) is 3.44. The van der Waals surface area contributed by atoms with Gasteiger partial charge in [0.15, 0.2) is 5.82 Å². The molecule has 1 aliphatic carbocycles. The summed E-state index contributed by atoms with van der Waals surface area (Å²) in [7, 11) is -4.86. The third-order valence-corrected chi connectivity index (χ3v) is 7.83. The molecule has 33 heavy (non-hydrogen) atoms. The van der Waals surface area contributed by atoms with Crippen molar-refractivity contribution in [1.82, 2.24) is 4.98 Å². The largest absolute Gasteiger partial charge is 0.464 e. The van der Waals surface area contributed by atoms with Gasteiger partial charge in [0.1, 0.15) is 16.5 Å². The van der Waals surface area contributed by atoms with Gasteiger partial charge in [-0.2, -0.15) is 0 Å². The number of carboxylic acid groups (broad SMARTS) is 1. The Labute approximate surface area is 197 Å². The average Bonchev–Trinajstić information content (AvgIpc) is 3.46. The highest BCUT2D eigenvalue weighted by atomic mass is 35.5. The molecule has 0 saturated heterocycles. The van der Waals surface area contributed by atoms with Gasteiger partial charge in [0.2, 0.25) is 0 Å². The number of nitrogens with zero attached hydrogens (tertiary/aromatic N) is 2. The maximum Gasteiger partial charge on any atom is 0.427 e. The van der Waals surface area contributed by atoms with E-state index in [9.17, 15) is 27.1 Å². The maximum absolute atomic E-state index is 14.9. The van der Waals surface area contributed by atoms with E-state index in [1.54, 1.807) is 19.1 Å². The zero-order valence-corrected chi connectivity index (χ0v) is 19.5. The highest BCUT2D eigenvalue weighted by molar-refractivity contribution is 7.93. The van der Waals surface area contributed by atoms with Crippen molar-refractivity contribution < 1.29 is 27.1 Å². The number of anilines is 2. The first-order valence-electron chi connectivity index (χ1n) is 9.81. The molecule has 1 amide bonds. The van der Waals surface area contributed by atoms with E-state index < -0.39 is 38.7 Å². The molecule has 174 valence electrons. The summed E-state index contributed by atoms with van der Waals surface area (Å²) in [4.78, 5) is 14.4. The van der Waals surface area contributed by atoms with Crippen molar-refractivity contribution in [2.45, 2.75) is 36.6 Å². The lowest BCUT2D eigenvalue weighted by Gasteiger charge is -2.20. The van der Waals surface area contributed by atoms with E-state index in [1.165, 1.54) is 17.0 Å². The molecule has 12 heteroatoms. The summed E-state index contributed by atoms with van der Waals surface area (Å²) in [6.45, 7) is 1.67. The first-order chi connectivity index (χ1) is 15.6. The Hall–Kier alpha value is -2.76. The van der Waals surface area contributed by atoms with Crippen molar-refractivity contribution in [3.63, 3.8) is 0 Å². The molecule has 3 aromatic rings. The molecule has 2 aromatic carbocycles. The highest BCUT2D eigenvalue weighted by Gasteiger charge is 2.35. The SMILES string of the molecule is C[C@H](Nc1cc(F)c(S(=O)(=O)N(C(=O)O)c2cscn2)cc1Cl)c1cc(C2CC2)ccc1F. The minimum absolute atomic E-state index is 0.0211. The smallest absolute Gasteiger partial charge is 0.427 e. The predicted octanol–water partition coefficient (Wildman–Crippen LogP) is 6.00. The van der Waals surface area contributed by atoms with Gasteiger partial charge in [0, 0.05) is 10.9 Å². The van der Waals surface area contributed by atoms with Crippen molar-refractivity contribution in [2.75, 3.05) is 9.62 Å². The molecule has 1 atom stereocenters. The van der Waals surface area contributed by atoms with Gasteiger partial charge >= 0.3 is 6.09 Å². The third-order valence-electron chi connectivity index (χ3n) is 5.25. The van der Waals surface area contributed by atoms with E-state index in [0.29, 0.717) is 11.5 Å². The minimum Gasteiger partial charge on any atom is -0.464 e. The Bertz CT molecular complexity index is 1320. The van der Waals surface area contributed by atoms with Gasteiger partial charge in [0.25, 0.3) is 10.0 Å². The van der Waals surface area contributed by atoms with Crippen LogP contribution in [0.2, 0.25) is 5.02 Å². The number of hydrogen-bond donors (Lipinski definition) is 2. The van der Waals surface area contributed by atoms with Crippen LogP contribution in [-0.2, 0) is 10.0 Å². The first kappa shape index (κ1) is 23.4. The monoisotopic (exact) mass is 513 g/mol. The van der Waals surface area contributed by atoms with Gasteiger partial charge in [-0.3, -0.25) is 0 Å². The molecular formula is C21H18ClF2N3O4S2. The summed E-state index contributed by atoms with van der Waals surface area (Å²) >= 11 is 7.19. The molecule has 0 spiro atoms. The standard InChI is InChI=1S/C21H18ClF2N3O4S2/c1-11(14-6-13(12-2-3-12)4-5-16(14)23)26-18-8-17(24)19(7-15(18)22)33(30,31)27(21(28)29)20-9-32-10-25-20/h4-12,26H,2-3H2,1H3,(H,28,29)/t11-/m0/s1. The molecule has 7 nitrogen and oxygen atoms in total. The number of aromatic nitrogens is 1. The second kappa shape index (κ2) is 8.88. The fourth-order valence-corrected chi connectivity index (χ4v) is 5.63. The van der Waals surface area contributed by atoms with Crippen molar-refractivity contribution in [3.05, 3.63) is 69.0 Å². The zero-order chi connectivity index (χ0) is 23.9. The highest BCUT2D eigenvalue weighted by Crippen LogP contribution is 2.41. The Balaban J connectivity index is 1.65. The number of halogens is 3. The summed E-state index contributed by atoms with van der Waals surface area (Å²) < 4.78 is 55.1. The molecule has 4 rings (SSSR count). The zero-order valence-electron chi connectivity index (χ0n) is 17.1. The van der Waals surface area contributed by atoms with Crippen LogP contribution in [0.5, 0.6) is 0 Å². The number of carbonyl (C=O) groups is 1. The second-order valence-corrected chi connectivity index (χ2v) is 10.5. The number of thiazole rings is 1. The van der Waals surface area contributed by atoms with E-state index in [2.05, 4.69) is 10.3 Å². The number of benzene rings is 2. The molecule has 1 aliphatic rings. The predicted molar refractivity (Wildman–Crippen MR) is 122 cm³/mol. The van der Waals surface area contributed by atoms with Gasteiger partial charge < -0.3 is 10.4 Å². The number of hydrogen-bond acceptors (Lipinski definition) is 6. The lowest BCUT2D eigenvalue weighted by atomic mass is 10.0. The first-order valence-corrected chi connectivity index (χ1v) is 12.6. The lowest BCUT2D eigenvalue weighted by molar-refractivity contribution is 0.206. The van der Waals surface area contributed by atoms with Crippen molar-refractivity contribution in [2.24, 2.45) is 0 Å². The second-order valence-electron chi connectivity index (χ2n) is 7.58. The number of sulfonamides is 1. The average molecular weight is 514 g/mol. The van der Waals surface area contributed by atoms with E-state index >= 15 is 0 Å². The fraction of sp³-hybridized carbons (Fsp3) is 0.238. The van der Waals surface area contributed by atoms with Crippen LogP contribution in [0.15, 0.2) is 46.1 Å². The van der Waals surface area contributed by atoms with Crippen LogP contribution in [0.25, 0.3) is 0 Å². The van der Waals surface area contributed by atoms with Crippen molar-refractivity contribution >= 4 is 50.6 Å². The normalized spacial score (nSPS) is 14.7. The van der Waals surface area contributed by atoms with Crippen LogP contribution in [-0.4, -0.2) is 24.6 Å². The van der Waals surface area contributed by atoms with Crippen LogP contribution >= 0.6 is 22.9 Å². The molecule has 0 bridgehead atoms. The van der Waals surface area contributed by atoms with E-state index in [-0.39, 0.29) is 20.8 Å². The molecule has 1 aromatic heterocycles. The van der Waals surface area contributed by atoms with Gasteiger partial charge in [-0.15, -0.1) is 15.6 Å². The van der Waals surface area contributed by atoms with Gasteiger partial charge in [-0.05, 0) is 49.4 Å². The summed E-state index contributed by atoms with van der Waals surface area (Å²) in [5.41, 5.74) is 2.67. The van der Waals surface area contributed by atoms with Gasteiger partial charge in [-0.25, -0.2) is 27.0 Å². The summed E-state index contributed by atoms with van der Waals surface area (Å²) in [6, 6.07) is 5.94. The van der Waals surface area contributed by atoms with Gasteiger partial charge in [-0.1, -0.05) is 23.7 Å². The molecule has 0 unspecified atom stereocenters. The van der Waals surface area contributed by atoms with Crippen molar-refractivity contribution in [3.8, 4) is 0 Å². The molecule has 0 aliphatic heterocycles. The lowest BCUT2D eigenvalue weighted by Crippen LogP contribution is -2.36. The van der Waals surface area contributed by atoms with E-state index in [1.807, 2.05) is 0 Å². The molecule has 0 radical (unpaired) electrons. The van der Waals surface area contributed by atoms with Crippen LogP contribution < -0.4 is 9.62 Å². The van der Waals surface area contributed by atoms with Crippen LogP contribution in [0, 0.1) is 11.6 Å². The Kier molecular flexibility index (Phi) is 6.30. The molecule has 1 saturated carbocycles. The van der Waals surface area contributed by atoms with Crippen LogP contribution in [0.3, 0.4) is 0 Å². The van der Waals surface area contributed by atoms with Crippen LogP contribution in [0.4, 0.5) is 25.1 Å². The Morgan fingerprint density at radius 2 is 2.00 bits per heavy atom. The summed E-state index contributed by atoms with van der Waals surface area (Å²) in [6.07, 6.45) is 0.251. The number of rotatable bonds is 7. The van der Waals surface area contributed by atoms with Crippen LogP contribution in [0.1, 0.15) is 42.9 Å². The van der Waals surface area contributed by atoms with Gasteiger partial charge in [0.05, 0.1) is 22.3 Å². The summed E-state index contributed by atoms with van der Waals surface area (Å²) in [5.74, 6) is -1.62. The molecular weight excluding hydrogens is 496 g/mol. The number of amides is 1. The topological polar surface area (TPSA) is 99.6 Å². The Morgan fingerprint density at radius 1 is 1.27 bits per heavy atom. The van der Waals surface area contributed by atoms with E-state index in [4.69, 9.17) is 11.6 Å². The molecule has 1 fully saturated rings. The molecule has 1 heterocycles.